The van der Waals surface area contributed by atoms with Crippen LogP contribution in [0.2, 0.25) is 10.0 Å². The first-order valence-corrected chi connectivity index (χ1v) is 9.67. The van der Waals surface area contributed by atoms with Crippen LogP contribution in [0.25, 0.3) is 0 Å². The maximum atomic E-state index is 12.6. The molecule has 0 atom stereocenters. The number of anilines is 1. The largest absolute Gasteiger partial charge is 0.379 e. The number of rotatable bonds is 3. The summed E-state index contributed by atoms with van der Waals surface area (Å²) in [6.45, 7) is 3.79. The fourth-order valence-electron chi connectivity index (χ4n) is 2.83. The maximum absolute atomic E-state index is 12.6. The van der Waals surface area contributed by atoms with Gasteiger partial charge < -0.3 is 9.64 Å². The molecule has 1 aromatic rings. The van der Waals surface area contributed by atoms with Crippen LogP contribution in [-0.2, 0) is 14.9 Å². The predicted octanol–water partition coefficient (Wildman–Crippen LogP) is 1.69. The van der Waals surface area contributed by atoms with Crippen molar-refractivity contribution in [2.45, 2.75) is 0 Å². The topological polar surface area (TPSA) is 53.1 Å². The molecule has 0 bridgehead atoms. The average Bonchev–Trinajstić information content (AvgIpc) is 2.58. The van der Waals surface area contributed by atoms with E-state index >= 15 is 0 Å². The van der Waals surface area contributed by atoms with Crippen LogP contribution in [0.4, 0.5) is 5.69 Å². The Labute approximate surface area is 146 Å². The fraction of sp³-hybridized carbons (Fsp3) is 0.571. The molecule has 0 saturated carbocycles. The first-order valence-electron chi connectivity index (χ1n) is 7.51. The zero-order chi connectivity index (χ0) is 16.4. The molecule has 2 aliphatic heterocycles. The third kappa shape index (κ3) is 3.75. The van der Waals surface area contributed by atoms with E-state index < -0.39 is 10.2 Å². The van der Waals surface area contributed by atoms with E-state index in [1.165, 1.54) is 8.61 Å². The van der Waals surface area contributed by atoms with Crippen LogP contribution in [0.1, 0.15) is 0 Å². The molecule has 2 fully saturated rings. The van der Waals surface area contributed by atoms with Crippen LogP contribution < -0.4 is 4.90 Å². The highest BCUT2D eigenvalue weighted by atomic mass is 35.5. The van der Waals surface area contributed by atoms with Crippen molar-refractivity contribution in [3.63, 3.8) is 0 Å². The van der Waals surface area contributed by atoms with Gasteiger partial charge in [-0.2, -0.15) is 17.0 Å². The molecule has 0 radical (unpaired) electrons. The molecule has 9 heteroatoms. The predicted molar refractivity (Wildman–Crippen MR) is 91.6 cm³/mol. The third-order valence-electron chi connectivity index (χ3n) is 4.11. The Morgan fingerprint density at radius 2 is 1.52 bits per heavy atom. The van der Waals surface area contributed by atoms with Gasteiger partial charge in [0.2, 0.25) is 0 Å². The van der Waals surface area contributed by atoms with Gasteiger partial charge in [0.15, 0.2) is 0 Å². The Bertz CT molecular complexity index is 657. The second-order valence-electron chi connectivity index (χ2n) is 5.50. The number of piperazine rings is 1. The summed E-state index contributed by atoms with van der Waals surface area (Å²) < 4.78 is 33.5. The van der Waals surface area contributed by atoms with Crippen LogP contribution in [0.15, 0.2) is 18.2 Å². The smallest absolute Gasteiger partial charge is 0.282 e. The summed E-state index contributed by atoms with van der Waals surface area (Å²) in [6.07, 6.45) is 0. The first kappa shape index (κ1) is 17.3. The molecule has 0 N–H and O–H groups in total. The lowest BCUT2D eigenvalue weighted by molar-refractivity contribution is 0.0700. The molecule has 0 amide bonds. The zero-order valence-corrected chi connectivity index (χ0v) is 14.9. The Balaban J connectivity index is 1.67. The number of morpholine rings is 1. The van der Waals surface area contributed by atoms with Crippen molar-refractivity contribution in [3.05, 3.63) is 28.2 Å². The van der Waals surface area contributed by atoms with Crippen molar-refractivity contribution < 1.29 is 13.2 Å². The molecule has 128 valence electrons. The van der Waals surface area contributed by atoms with E-state index in [1.807, 2.05) is 6.07 Å². The number of benzene rings is 1. The highest BCUT2D eigenvalue weighted by Gasteiger charge is 2.33. The van der Waals surface area contributed by atoms with Gasteiger partial charge in [-0.3, -0.25) is 0 Å². The highest BCUT2D eigenvalue weighted by molar-refractivity contribution is 7.86. The summed E-state index contributed by atoms with van der Waals surface area (Å²) >= 11 is 12.3. The number of hydrogen-bond acceptors (Lipinski definition) is 4. The monoisotopic (exact) mass is 379 g/mol. The molecule has 0 aromatic heterocycles. The number of halogens is 2. The fourth-order valence-corrected chi connectivity index (χ4v) is 4.79. The van der Waals surface area contributed by atoms with Gasteiger partial charge in [-0.05, 0) is 18.2 Å². The lowest BCUT2D eigenvalue weighted by Crippen LogP contribution is -2.55. The summed E-state index contributed by atoms with van der Waals surface area (Å²) in [4.78, 5) is 2.07. The number of nitrogens with zero attached hydrogens (tertiary/aromatic N) is 3. The lowest BCUT2D eigenvalue weighted by Gasteiger charge is -2.38. The van der Waals surface area contributed by atoms with E-state index in [0.29, 0.717) is 62.5 Å². The van der Waals surface area contributed by atoms with Crippen LogP contribution in [-0.4, -0.2) is 69.5 Å². The molecule has 0 unspecified atom stereocenters. The quantitative estimate of drug-likeness (QED) is 0.801. The second kappa shape index (κ2) is 7.13. The number of ether oxygens (including phenoxy) is 1. The van der Waals surface area contributed by atoms with E-state index in [1.54, 1.807) is 12.1 Å². The van der Waals surface area contributed by atoms with Crippen LogP contribution in [0.5, 0.6) is 0 Å². The van der Waals surface area contributed by atoms with Crippen molar-refractivity contribution in [2.24, 2.45) is 0 Å². The molecule has 2 aliphatic rings. The summed E-state index contributed by atoms with van der Waals surface area (Å²) in [5.74, 6) is 0. The van der Waals surface area contributed by atoms with Gasteiger partial charge in [-0.25, -0.2) is 0 Å². The zero-order valence-electron chi connectivity index (χ0n) is 12.6. The van der Waals surface area contributed by atoms with E-state index in [9.17, 15) is 8.42 Å². The summed E-state index contributed by atoms with van der Waals surface area (Å²) in [5, 5.41) is 1.24. The van der Waals surface area contributed by atoms with Gasteiger partial charge >= 0.3 is 0 Å². The maximum Gasteiger partial charge on any atom is 0.282 e. The van der Waals surface area contributed by atoms with Crippen molar-refractivity contribution in [2.75, 3.05) is 57.4 Å². The van der Waals surface area contributed by atoms with Gasteiger partial charge in [0.25, 0.3) is 10.2 Å². The molecule has 3 rings (SSSR count). The minimum absolute atomic E-state index is 0.419. The van der Waals surface area contributed by atoms with Crippen molar-refractivity contribution in [1.29, 1.82) is 0 Å². The Morgan fingerprint density at radius 1 is 0.913 bits per heavy atom. The molecule has 0 spiro atoms. The Hall–Kier alpha value is -0.570. The SMILES string of the molecule is O=S(=O)(N1CCOCC1)N1CCN(c2cc(Cl)ccc2Cl)CC1. The highest BCUT2D eigenvalue weighted by Crippen LogP contribution is 2.30. The van der Waals surface area contributed by atoms with E-state index in [2.05, 4.69) is 4.90 Å². The Kier molecular flexibility index (Phi) is 5.35. The third-order valence-corrected chi connectivity index (χ3v) is 6.70. The Morgan fingerprint density at radius 3 is 2.17 bits per heavy atom. The molecule has 2 heterocycles. The number of hydrogen-bond donors (Lipinski definition) is 0. The van der Waals surface area contributed by atoms with Crippen LogP contribution >= 0.6 is 23.2 Å². The molecule has 1 aromatic carbocycles. The summed E-state index contributed by atoms with van der Waals surface area (Å²) in [5.41, 5.74) is 0.850. The van der Waals surface area contributed by atoms with Crippen molar-refractivity contribution in [1.82, 2.24) is 8.61 Å². The summed E-state index contributed by atoms with van der Waals surface area (Å²) in [7, 11) is -3.41. The van der Waals surface area contributed by atoms with Gasteiger partial charge in [-0.1, -0.05) is 23.2 Å². The molecular weight excluding hydrogens is 361 g/mol. The molecule has 23 heavy (non-hydrogen) atoms. The second-order valence-corrected chi connectivity index (χ2v) is 8.27. The standard InChI is InChI=1S/C14H19Cl2N3O3S/c15-12-1-2-13(16)14(11-12)17-3-5-18(6-4-17)23(20,21)19-7-9-22-10-8-19/h1-2,11H,3-10H2. The van der Waals surface area contributed by atoms with Gasteiger partial charge in [0, 0.05) is 44.3 Å². The normalized spacial score (nSPS) is 21.6. The van der Waals surface area contributed by atoms with Crippen molar-refractivity contribution in [3.8, 4) is 0 Å². The molecule has 6 nitrogen and oxygen atoms in total. The average molecular weight is 380 g/mol. The lowest BCUT2D eigenvalue weighted by atomic mass is 10.2. The minimum atomic E-state index is -3.41. The first-order chi connectivity index (χ1) is 11.0. The van der Waals surface area contributed by atoms with Crippen LogP contribution in [0, 0.1) is 0 Å². The van der Waals surface area contributed by atoms with Crippen LogP contribution in [0.3, 0.4) is 0 Å². The molecule has 2 saturated heterocycles. The van der Waals surface area contributed by atoms with Gasteiger partial charge in [0.05, 0.1) is 23.9 Å². The van der Waals surface area contributed by atoms with Gasteiger partial charge in [0.1, 0.15) is 0 Å². The molecular formula is C14H19Cl2N3O3S. The summed E-state index contributed by atoms with van der Waals surface area (Å²) in [6, 6.07) is 5.32. The van der Waals surface area contributed by atoms with Gasteiger partial charge in [-0.15, -0.1) is 0 Å². The minimum Gasteiger partial charge on any atom is -0.379 e. The van der Waals surface area contributed by atoms with E-state index in [-0.39, 0.29) is 0 Å². The van der Waals surface area contributed by atoms with E-state index in [0.717, 1.165) is 5.69 Å². The van der Waals surface area contributed by atoms with E-state index in [4.69, 9.17) is 27.9 Å². The van der Waals surface area contributed by atoms with Crippen molar-refractivity contribution >= 4 is 39.1 Å². The molecule has 0 aliphatic carbocycles.